The number of rotatable bonds is 6. The van der Waals surface area contributed by atoms with Gasteiger partial charge in [-0.15, -0.1) is 0 Å². The molecule has 0 aromatic carbocycles. The average molecular weight is 270 g/mol. The lowest BCUT2D eigenvalue weighted by atomic mass is 10.1. The van der Waals surface area contributed by atoms with Crippen molar-refractivity contribution < 1.29 is 28.6 Å². The minimum atomic E-state index is -1.05. The third kappa shape index (κ3) is 3.81. The maximum Gasteiger partial charge on any atom is 0.330 e. The second-order valence-corrected chi connectivity index (χ2v) is 4.15. The summed E-state index contributed by atoms with van der Waals surface area (Å²) in [5.74, 6) is -1.51. The van der Waals surface area contributed by atoms with E-state index in [1.165, 1.54) is 19.1 Å². The molecular weight excluding hydrogens is 252 g/mol. The Morgan fingerprint density at radius 1 is 1.21 bits per heavy atom. The second kappa shape index (κ2) is 6.36. The topological polar surface area (TPSA) is 78.9 Å². The molecule has 1 rings (SSSR count). The first kappa shape index (κ1) is 15.2. The van der Waals surface area contributed by atoms with E-state index >= 15 is 0 Å². The van der Waals surface area contributed by atoms with Gasteiger partial charge in [0.2, 0.25) is 0 Å². The summed E-state index contributed by atoms with van der Waals surface area (Å²) in [5.41, 5.74) is -1.05. The van der Waals surface area contributed by atoms with Crippen molar-refractivity contribution in [3.8, 4) is 0 Å². The zero-order valence-electron chi connectivity index (χ0n) is 11.3. The van der Waals surface area contributed by atoms with Crippen LogP contribution in [0.15, 0.2) is 12.2 Å². The molecule has 0 aromatic heterocycles. The van der Waals surface area contributed by atoms with E-state index in [1.807, 2.05) is 0 Å². The molecule has 0 spiro atoms. The normalized spacial score (nSPS) is 24.9. The van der Waals surface area contributed by atoms with Crippen LogP contribution >= 0.6 is 0 Å². The zero-order chi connectivity index (χ0) is 14.5. The number of carbonyl (C=O) groups is 3. The Balaban J connectivity index is 2.76. The molecule has 0 unspecified atom stereocenters. The van der Waals surface area contributed by atoms with Crippen LogP contribution in [-0.2, 0) is 28.6 Å². The molecule has 1 saturated carbocycles. The van der Waals surface area contributed by atoms with Gasteiger partial charge in [-0.3, -0.25) is 9.59 Å². The van der Waals surface area contributed by atoms with Gasteiger partial charge in [0.25, 0.3) is 0 Å². The maximum absolute atomic E-state index is 11.9. The minimum Gasteiger partial charge on any atom is -0.465 e. The van der Waals surface area contributed by atoms with Crippen LogP contribution in [-0.4, -0.2) is 37.2 Å². The van der Waals surface area contributed by atoms with Crippen molar-refractivity contribution in [2.75, 3.05) is 13.2 Å². The zero-order valence-corrected chi connectivity index (χ0v) is 11.3. The number of carbonyl (C=O) groups excluding carboxylic acids is 3. The molecule has 0 heterocycles. The van der Waals surface area contributed by atoms with Crippen LogP contribution in [0.3, 0.4) is 0 Å². The van der Waals surface area contributed by atoms with Crippen molar-refractivity contribution >= 4 is 17.9 Å². The van der Waals surface area contributed by atoms with Crippen molar-refractivity contribution in [3.05, 3.63) is 12.2 Å². The van der Waals surface area contributed by atoms with Gasteiger partial charge in [-0.05, 0) is 13.8 Å². The van der Waals surface area contributed by atoms with Gasteiger partial charge in [-0.25, -0.2) is 4.79 Å². The monoisotopic (exact) mass is 270 g/mol. The van der Waals surface area contributed by atoms with Crippen LogP contribution in [0, 0.1) is 5.41 Å². The van der Waals surface area contributed by atoms with Crippen LogP contribution in [0.5, 0.6) is 0 Å². The molecule has 0 bridgehead atoms. The van der Waals surface area contributed by atoms with Crippen LogP contribution in [0.25, 0.3) is 0 Å². The lowest BCUT2D eigenvalue weighted by Crippen LogP contribution is -2.23. The summed E-state index contributed by atoms with van der Waals surface area (Å²) in [4.78, 5) is 34.0. The van der Waals surface area contributed by atoms with E-state index in [1.54, 1.807) is 13.8 Å². The highest BCUT2D eigenvalue weighted by molar-refractivity contribution is 5.88. The van der Waals surface area contributed by atoms with Crippen LogP contribution < -0.4 is 0 Å². The predicted molar refractivity (Wildman–Crippen MR) is 65.0 cm³/mol. The maximum atomic E-state index is 11.9. The van der Waals surface area contributed by atoms with Crippen LogP contribution in [0.4, 0.5) is 0 Å². The molecule has 19 heavy (non-hydrogen) atoms. The molecule has 1 aliphatic carbocycles. The molecule has 0 N–H and O–H groups in total. The molecule has 6 nitrogen and oxygen atoms in total. The lowest BCUT2D eigenvalue weighted by Gasteiger charge is -2.11. The molecular formula is C13H18O6. The largest absolute Gasteiger partial charge is 0.465 e. The SMILES string of the molecule is CCOC(=O)/C=C/[C@]1(C(=O)OCC)C[C@@H]1OC(C)=O. The van der Waals surface area contributed by atoms with Crippen molar-refractivity contribution in [2.45, 2.75) is 33.3 Å². The van der Waals surface area contributed by atoms with E-state index in [4.69, 9.17) is 14.2 Å². The van der Waals surface area contributed by atoms with E-state index in [0.717, 1.165) is 0 Å². The molecule has 0 aliphatic heterocycles. The molecule has 0 radical (unpaired) electrons. The summed E-state index contributed by atoms with van der Waals surface area (Å²) in [7, 11) is 0. The third-order valence-corrected chi connectivity index (χ3v) is 2.70. The Hall–Kier alpha value is -1.85. The summed E-state index contributed by atoms with van der Waals surface area (Å²) in [6, 6.07) is 0. The van der Waals surface area contributed by atoms with Crippen molar-refractivity contribution in [1.82, 2.24) is 0 Å². The summed E-state index contributed by atoms with van der Waals surface area (Å²) in [6.45, 7) is 5.11. The van der Waals surface area contributed by atoms with E-state index < -0.39 is 29.4 Å². The van der Waals surface area contributed by atoms with Crippen molar-refractivity contribution in [1.29, 1.82) is 0 Å². The molecule has 6 heteroatoms. The molecule has 1 aliphatic rings. The van der Waals surface area contributed by atoms with Crippen LogP contribution in [0.1, 0.15) is 27.2 Å². The van der Waals surface area contributed by atoms with E-state index in [9.17, 15) is 14.4 Å². The molecule has 0 amide bonds. The van der Waals surface area contributed by atoms with Gasteiger partial charge >= 0.3 is 17.9 Å². The number of esters is 3. The fraction of sp³-hybridized carbons (Fsp3) is 0.615. The highest BCUT2D eigenvalue weighted by Crippen LogP contribution is 2.51. The molecule has 0 saturated heterocycles. The van der Waals surface area contributed by atoms with E-state index in [2.05, 4.69) is 0 Å². The van der Waals surface area contributed by atoms with Crippen LogP contribution in [0.2, 0.25) is 0 Å². The highest BCUT2D eigenvalue weighted by atomic mass is 16.6. The molecule has 106 valence electrons. The van der Waals surface area contributed by atoms with Gasteiger partial charge in [0, 0.05) is 19.4 Å². The minimum absolute atomic E-state index is 0.223. The third-order valence-electron chi connectivity index (χ3n) is 2.70. The van der Waals surface area contributed by atoms with Gasteiger partial charge in [0.1, 0.15) is 11.5 Å². The standard InChI is InChI=1S/C13H18O6/c1-4-17-11(15)6-7-13(12(16)18-5-2)8-10(13)19-9(3)14/h6-7,10H,4-5,8H2,1-3H3/b7-6+/t10-,13-/m0/s1. The number of hydrogen-bond acceptors (Lipinski definition) is 6. The lowest BCUT2D eigenvalue weighted by molar-refractivity contribution is -0.151. The van der Waals surface area contributed by atoms with Gasteiger partial charge in [-0.1, -0.05) is 6.08 Å². The summed E-state index contributed by atoms with van der Waals surface area (Å²) >= 11 is 0. The molecule has 2 atom stereocenters. The molecule has 1 fully saturated rings. The summed E-state index contributed by atoms with van der Waals surface area (Å²) in [6.07, 6.45) is 2.32. The second-order valence-electron chi connectivity index (χ2n) is 4.15. The fourth-order valence-electron chi connectivity index (χ4n) is 1.73. The Bertz CT molecular complexity index is 400. The predicted octanol–water partition coefficient (Wildman–Crippen LogP) is 0.991. The highest BCUT2D eigenvalue weighted by Gasteiger charge is 2.62. The van der Waals surface area contributed by atoms with E-state index in [-0.39, 0.29) is 13.2 Å². The van der Waals surface area contributed by atoms with Gasteiger partial charge < -0.3 is 14.2 Å². The number of ether oxygens (including phenoxy) is 3. The van der Waals surface area contributed by atoms with Crippen molar-refractivity contribution in [3.63, 3.8) is 0 Å². The Labute approximate surface area is 111 Å². The van der Waals surface area contributed by atoms with Crippen molar-refractivity contribution in [2.24, 2.45) is 5.41 Å². The summed E-state index contributed by atoms with van der Waals surface area (Å²) < 4.78 is 14.7. The Morgan fingerprint density at radius 2 is 1.84 bits per heavy atom. The van der Waals surface area contributed by atoms with E-state index in [0.29, 0.717) is 6.42 Å². The Morgan fingerprint density at radius 3 is 2.37 bits per heavy atom. The van der Waals surface area contributed by atoms with Gasteiger partial charge in [-0.2, -0.15) is 0 Å². The first-order valence-electron chi connectivity index (χ1n) is 6.16. The van der Waals surface area contributed by atoms with Gasteiger partial charge in [0.05, 0.1) is 13.2 Å². The molecule has 0 aromatic rings. The smallest absolute Gasteiger partial charge is 0.330 e. The Kier molecular flexibility index (Phi) is 5.09. The quantitative estimate of drug-likeness (QED) is 0.407. The average Bonchev–Trinajstić information content (AvgIpc) is 3.01. The number of hydrogen-bond donors (Lipinski definition) is 0. The fourth-order valence-corrected chi connectivity index (χ4v) is 1.73. The first-order chi connectivity index (χ1) is 8.96. The summed E-state index contributed by atoms with van der Waals surface area (Å²) in [5, 5.41) is 0. The van der Waals surface area contributed by atoms with Gasteiger partial charge in [0.15, 0.2) is 0 Å². The first-order valence-corrected chi connectivity index (χ1v) is 6.16.